The number of benzene rings is 1. The summed E-state index contributed by atoms with van der Waals surface area (Å²) in [4.78, 5) is 4.45. The quantitative estimate of drug-likeness (QED) is 0.855. The number of hydrogen-bond donors (Lipinski definition) is 1. The van der Waals surface area contributed by atoms with Gasteiger partial charge >= 0.3 is 0 Å². The van der Waals surface area contributed by atoms with Gasteiger partial charge in [-0.2, -0.15) is 4.58 Å². The summed E-state index contributed by atoms with van der Waals surface area (Å²) < 4.78 is 2.27. The summed E-state index contributed by atoms with van der Waals surface area (Å²) >= 11 is 0. The van der Waals surface area contributed by atoms with Gasteiger partial charge in [-0.1, -0.05) is 24.3 Å². The second-order valence-corrected chi connectivity index (χ2v) is 6.74. The van der Waals surface area contributed by atoms with Crippen LogP contribution in [0, 0.1) is 13.8 Å². The number of fused-ring (bicyclic) bond motifs is 1. The Hall–Kier alpha value is -2.42. The molecule has 0 unspecified atom stereocenters. The maximum absolute atomic E-state index is 4.45. The van der Waals surface area contributed by atoms with Gasteiger partial charge in [-0.15, -0.1) is 0 Å². The minimum atomic E-state index is -0.000722. The van der Waals surface area contributed by atoms with Crippen LogP contribution in [0.5, 0.6) is 0 Å². The van der Waals surface area contributed by atoms with E-state index >= 15 is 0 Å². The predicted octanol–water partition coefficient (Wildman–Crippen LogP) is 4.33. The third-order valence-corrected chi connectivity index (χ3v) is 4.62. The number of pyridine rings is 1. The molecule has 1 aliphatic rings. The van der Waals surface area contributed by atoms with E-state index in [0.717, 1.165) is 11.4 Å². The van der Waals surface area contributed by atoms with Crippen LogP contribution in [0.3, 0.4) is 0 Å². The molecule has 0 saturated heterocycles. The molecule has 0 spiro atoms. The number of allylic oxidation sites excluding steroid dienone is 1. The minimum Gasteiger partial charge on any atom is -0.346 e. The normalized spacial score (nSPS) is 16.0. The van der Waals surface area contributed by atoms with Crippen LogP contribution >= 0.6 is 0 Å². The largest absolute Gasteiger partial charge is 0.346 e. The van der Waals surface area contributed by atoms with Gasteiger partial charge in [0.2, 0.25) is 5.69 Å². The topological polar surface area (TPSA) is 27.9 Å². The van der Waals surface area contributed by atoms with Crippen molar-refractivity contribution in [3.63, 3.8) is 0 Å². The van der Waals surface area contributed by atoms with E-state index in [-0.39, 0.29) is 5.41 Å². The van der Waals surface area contributed by atoms with E-state index in [9.17, 15) is 0 Å². The number of para-hydroxylation sites is 1. The number of hydrogen-bond acceptors (Lipinski definition) is 2. The lowest BCUT2D eigenvalue weighted by atomic mass is 9.81. The lowest BCUT2D eigenvalue weighted by molar-refractivity contribution is -0.401. The summed E-state index contributed by atoms with van der Waals surface area (Å²) in [6.45, 7) is 8.67. The summed E-state index contributed by atoms with van der Waals surface area (Å²) in [7, 11) is 2.13. The Labute approximate surface area is 138 Å². The zero-order chi connectivity index (χ0) is 16.6. The van der Waals surface area contributed by atoms with Crippen LogP contribution in [0.2, 0.25) is 0 Å². The van der Waals surface area contributed by atoms with Gasteiger partial charge in [0, 0.05) is 30.1 Å². The minimum absolute atomic E-state index is 0.000722. The molecular formula is C20H24N3+. The van der Waals surface area contributed by atoms with Crippen LogP contribution in [0.1, 0.15) is 30.5 Å². The molecule has 0 amide bonds. The maximum Gasteiger partial charge on any atom is 0.209 e. The molecule has 0 saturated carbocycles. The van der Waals surface area contributed by atoms with E-state index in [1.165, 1.54) is 22.5 Å². The second-order valence-electron chi connectivity index (χ2n) is 6.74. The van der Waals surface area contributed by atoms with Gasteiger partial charge in [-0.25, -0.2) is 4.98 Å². The van der Waals surface area contributed by atoms with Crippen molar-refractivity contribution in [3.8, 4) is 0 Å². The zero-order valence-electron chi connectivity index (χ0n) is 14.5. The molecule has 1 aromatic heterocycles. The molecule has 2 aromatic rings. The molecule has 3 rings (SSSR count). The van der Waals surface area contributed by atoms with Crippen molar-refractivity contribution in [1.29, 1.82) is 0 Å². The molecule has 0 aliphatic carbocycles. The third-order valence-electron chi connectivity index (χ3n) is 4.62. The van der Waals surface area contributed by atoms with Crippen molar-refractivity contribution >= 4 is 17.2 Å². The maximum atomic E-state index is 4.45. The Morgan fingerprint density at radius 1 is 1.17 bits per heavy atom. The number of anilines is 1. The van der Waals surface area contributed by atoms with Gasteiger partial charge in [0.25, 0.3) is 0 Å². The zero-order valence-corrected chi connectivity index (χ0v) is 14.5. The number of aromatic nitrogens is 1. The Morgan fingerprint density at radius 3 is 2.61 bits per heavy atom. The van der Waals surface area contributed by atoms with E-state index in [1.54, 1.807) is 0 Å². The fourth-order valence-corrected chi connectivity index (χ4v) is 3.37. The van der Waals surface area contributed by atoms with Crippen molar-refractivity contribution in [2.45, 2.75) is 33.1 Å². The molecule has 3 heteroatoms. The first kappa shape index (κ1) is 15.5. The monoisotopic (exact) mass is 306 g/mol. The fourth-order valence-electron chi connectivity index (χ4n) is 3.37. The highest BCUT2D eigenvalue weighted by atomic mass is 15.0. The van der Waals surface area contributed by atoms with Gasteiger partial charge in [0.05, 0.1) is 5.41 Å². The van der Waals surface area contributed by atoms with Crippen LogP contribution in [0.25, 0.3) is 0 Å². The average molecular weight is 306 g/mol. The number of nitrogens with one attached hydrogen (secondary N) is 1. The Bertz CT molecular complexity index is 813. The standard InChI is InChI=1S/C20H23N3/c1-14-12-15(2)19(22-13-14)21-11-10-18-20(3,4)16-8-6-7-9-17(16)23(18)5/h6-13H,1-5H3/p+1. The second kappa shape index (κ2) is 5.65. The molecule has 1 aromatic carbocycles. The predicted molar refractivity (Wildman–Crippen MR) is 96.8 cm³/mol. The first-order valence-electron chi connectivity index (χ1n) is 7.98. The SMILES string of the molecule is Cc1cnc(NC=CC2=[N+](C)c3ccccc3C2(C)C)c(C)c1. The molecule has 0 radical (unpaired) electrons. The molecule has 1 aliphatic heterocycles. The Morgan fingerprint density at radius 2 is 1.91 bits per heavy atom. The summed E-state index contributed by atoms with van der Waals surface area (Å²) in [6, 6.07) is 10.7. The molecule has 0 fully saturated rings. The van der Waals surface area contributed by atoms with E-state index in [4.69, 9.17) is 0 Å². The first-order chi connectivity index (χ1) is 10.9. The van der Waals surface area contributed by atoms with Crippen LogP contribution in [0.4, 0.5) is 11.5 Å². The highest BCUT2D eigenvalue weighted by Gasteiger charge is 2.42. The van der Waals surface area contributed by atoms with Gasteiger partial charge < -0.3 is 5.32 Å². The summed E-state index contributed by atoms with van der Waals surface area (Å²) in [6.07, 6.45) is 6.03. The van der Waals surface area contributed by atoms with Gasteiger partial charge in [-0.3, -0.25) is 0 Å². The third kappa shape index (κ3) is 2.67. The van der Waals surface area contributed by atoms with Crippen LogP contribution in [-0.4, -0.2) is 22.3 Å². The number of rotatable bonds is 3. The lowest BCUT2D eigenvalue weighted by Gasteiger charge is -2.15. The molecule has 0 atom stereocenters. The molecule has 23 heavy (non-hydrogen) atoms. The summed E-state index contributed by atoms with van der Waals surface area (Å²) in [5.41, 5.74) is 6.25. The molecule has 118 valence electrons. The molecule has 0 bridgehead atoms. The molecular weight excluding hydrogens is 282 g/mol. The van der Waals surface area contributed by atoms with Crippen LogP contribution in [0.15, 0.2) is 48.8 Å². The van der Waals surface area contributed by atoms with E-state index in [2.05, 4.69) is 86.0 Å². The number of nitrogens with zero attached hydrogens (tertiary/aromatic N) is 2. The van der Waals surface area contributed by atoms with E-state index < -0.39 is 0 Å². The first-order valence-corrected chi connectivity index (χ1v) is 7.98. The van der Waals surface area contributed by atoms with Gasteiger partial charge in [0.15, 0.2) is 5.71 Å². The highest BCUT2D eigenvalue weighted by molar-refractivity contribution is 6.03. The average Bonchev–Trinajstić information content (AvgIpc) is 2.70. The highest BCUT2D eigenvalue weighted by Crippen LogP contribution is 2.38. The van der Waals surface area contributed by atoms with Crippen LogP contribution < -0.4 is 5.32 Å². The molecule has 1 N–H and O–H groups in total. The van der Waals surface area contributed by atoms with E-state index in [0.29, 0.717) is 0 Å². The molecule has 2 heterocycles. The van der Waals surface area contributed by atoms with Gasteiger partial charge in [0.1, 0.15) is 12.9 Å². The summed E-state index contributed by atoms with van der Waals surface area (Å²) in [5, 5.41) is 3.31. The van der Waals surface area contributed by atoms with Crippen molar-refractivity contribution < 1.29 is 4.58 Å². The van der Waals surface area contributed by atoms with E-state index in [1.807, 2.05) is 12.4 Å². The lowest BCUT2D eigenvalue weighted by Crippen LogP contribution is -2.26. The fraction of sp³-hybridized carbons (Fsp3) is 0.300. The van der Waals surface area contributed by atoms with Crippen molar-refractivity contribution in [3.05, 3.63) is 65.5 Å². The Kier molecular flexibility index (Phi) is 3.80. The number of aryl methyl sites for hydroxylation is 2. The van der Waals surface area contributed by atoms with Crippen molar-refractivity contribution in [2.24, 2.45) is 0 Å². The Balaban J connectivity index is 1.87. The van der Waals surface area contributed by atoms with Crippen LogP contribution in [-0.2, 0) is 5.41 Å². The smallest absolute Gasteiger partial charge is 0.209 e. The van der Waals surface area contributed by atoms with Crippen molar-refractivity contribution in [1.82, 2.24) is 4.98 Å². The summed E-state index contributed by atoms with van der Waals surface area (Å²) in [5.74, 6) is 0.906. The van der Waals surface area contributed by atoms with Crippen molar-refractivity contribution in [2.75, 3.05) is 12.4 Å². The van der Waals surface area contributed by atoms with Gasteiger partial charge in [-0.05, 0) is 38.8 Å². The molecule has 3 nitrogen and oxygen atoms in total.